The zero-order valence-electron chi connectivity index (χ0n) is 15.6. The number of hydrogen-bond acceptors (Lipinski definition) is 2. The van der Waals surface area contributed by atoms with Crippen LogP contribution in [0.1, 0.15) is 25.3 Å². The highest BCUT2D eigenvalue weighted by Crippen LogP contribution is 2.17. The van der Waals surface area contributed by atoms with E-state index in [1.54, 1.807) is 0 Å². The number of nitrogens with zero attached hydrogens (tertiary/aromatic N) is 2. The van der Waals surface area contributed by atoms with Crippen molar-refractivity contribution in [2.45, 2.75) is 26.2 Å². The lowest BCUT2D eigenvalue weighted by Crippen LogP contribution is -2.41. The lowest BCUT2D eigenvalue weighted by molar-refractivity contribution is 0.332. The van der Waals surface area contributed by atoms with Crippen LogP contribution in [0.3, 0.4) is 0 Å². The quantitative estimate of drug-likeness (QED) is 0.308. The molecule has 0 radical (unpaired) electrons. The molecule has 25 heavy (non-hydrogen) atoms. The largest absolute Gasteiger partial charge is 0.361 e. The summed E-state index contributed by atoms with van der Waals surface area (Å²) in [5, 5.41) is 8.08. The van der Waals surface area contributed by atoms with Gasteiger partial charge in [0.2, 0.25) is 0 Å². The number of nitrogens with one attached hydrogen (secondary N) is 3. The summed E-state index contributed by atoms with van der Waals surface area (Å²) in [5.74, 6) is 0.874. The van der Waals surface area contributed by atoms with E-state index >= 15 is 0 Å². The number of aliphatic imine (C=N–C) groups is 1. The highest BCUT2D eigenvalue weighted by Gasteiger charge is 2.04. The van der Waals surface area contributed by atoms with Crippen LogP contribution >= 0.6 is 24.0 Å². The van der Waals surface area contributed by atoms with Crippen LogP contribution in [0.25, 0.3) is 10.9 Å². The molecule has 1 aromatic heterocycles. The second-order valence-corrected chi connectivity index (χ2v) is 6.19. The first-order valence-corrected chi connectivity index (χ1v) is 8.92. The molecule has 0 spiro atoms. The molecule has 0 aliphatic rings. The Balaban J connectivity index is 0.00000312. The van der Waals surface area contributed by atoms with E-state index in [0.717, 1.165) is 38.6 Å². The Morgan fingerprint density at radius 2 is 1.92 bits per heavy atom. The molecule has 140 valence electrons. The smallest absolute Gasteiger partial charge is 0.191 e. The van der Waals surface area contributed by atoms with Crippen molar-refractivity contribution < 1.29 is 0 Å². The van der Waals surface area contributed by atoms with Gasteiger partial charge in [-0.1, -0.05) is 31.5 Å². The summed E-state index contributed by atoms with van der Waals surface area (Å²) in [6, 6.07) is 8.43. The van der Waals surface area contributed by atoms with Crippen LogP contribution in [0.4, 0.5) is 0 Å². The minimum absolute atomic E-state index is 0. The summed E-state index contributed by atoms with van der Waals surface area (Å²) in [5.41, 5.74) is 2.54. The predicted octanol–water partition coefficient (Wildman–Crippen LogP) is 3.23. The fourth-order valence-electron chi connectivity index (χ4n) is 2.78. The molecule has 6 heteroatoms. The van der Waals surface area contributed by atoms with Crippen LogP contribution in [-0.4, -0.2) is 56.1 Å². The Kier molecular flexibility index (Phi) is 10.6. The van der Waals surface area contributed by atoms with E-state index in [4.69, 9.17) is 0 Å². The van der Waals surface area contributed by atoms with E-state index in [2.05, 4.69) is 69.9 Å². The van der Waals surface area contributed by atoms with Gasteiger partial charge in [-0.2, -0.15) is 0 Å². The molecule has 0 aliphatic heterocycles. The topological polar surface area (TPSA) is 55.4 Å². The average Bonchev–Trinajstić information content (AvgIpc) is 3.02. The summed E-state index contributed by atoms with van der Waals surface area (Å²) in [7, 11) is 3.99. The number of likely N-dealkylation sites (N-methyl/N-ethyl adjacent to an activating group) is 1. The third-order valence-electron chi connectivity index (χ3n) is 4.26. The molecular weight excluding hydrogens is 425 g/mol. The monoisotopic (exact) mass is 457 g/mol. The zero-order valence-corrected chi connectivity index (χ0v) is 18.0. The molecular formula is C19H32IN5. The van der Waals surface area contributed by atoms with Crippen molar-refractivity contribution in [1.29, 1.82) is 0 Å². The Hall–Kier alpha value is -1.28. The van der Waals surface area contributed by atoms with Crippen LogP contribution in [0.15, 0.2) is 35.5 Å². The minimum atomic E-state index is 0. The second kappa shape index (κ2) is 12.1. The molecule has 3 N–H and O–H groups in total. The van der Waals surface area contributed by atoms with E-state index in [1.165, 1.54) is 29.3 Å². The number of unbranched alkanes of at least 4 members (excludes halogenated alkanes) is 1. The minimum Gasteiger partial charge on any atom is -0.361 e. The fourth-order valence-corrected chi connectivity index (χ4v) is 2.78. The number of aromatic nitrogens is 1. The van der Waals surface area contributed by atoms with Gasteiger partial charge in [0.15, 0.2) is 5.96 Å². The van der Waals surface area contributed by atoms with Gasteiger partial charge in [-0.05, 0) is 38.1 Å². The first kappa shape index (κ1) is 21.8. The Morgan fingerprint density at radius 1 is 1.16 bits per heavy atom. The van der Waals surface area contributed by atoms with Crippen LogP contribution in [-0.2, 0) is 6.42 Å². The van der Waals surface area contributed by atoms with E-state index in [-0.39, 0.29) is 24.0 Å². The lowest BCUT2D eigenvalue weighted by Gasteiger charge is -2.17. The van der Waals surface area contributed by atoms with E-state index in [0.29, 0.717) is 0 Å². The Morgan fingerprint density at radius 3 is 2.68 bits per heavy atom. The lowest BCUT2D eigenvalue weighted by atomic mass is 10.1. The molecule has 2 aromatic rings. The predicted molar refractivity (Wildman–Crippen MR) is 119 cm³/mol. The normalized spacial score (nSPS) is 11.6. The van der Waals surface area contributed by atoms with Crippen molar-refractivity contribution in [2.24, 2.45) is 4.99 Å². The number of benzene rings is 1. The first-order chi connectivity index (χ1) is 11.7. The number of rotatable bonds is 9. The molecule has 0 saturated heterocycles. The molecule has 1 heterocycles. The molecule has 1 aromatic carbocycles. The summed E-state index contributed by atoms with van der Waals surface area (Å²) < 4.78 is 0. The van der Waals surface area contributed by atoms with E-state index in [1.807, 2.05) is 7.05 Å². The summed E-state index contributed by atoms with van der Waals surface area (Å²) in [6.07, 6.45) is 5.58. The fraction of sp³-hybridized carbons (Fsp3) is 0.526. The molecule has 5 nitrogen and oxygen atoms in total. The van der Waals surface area contributed by atoms with E-state index < -0.39 is 0 Å². The van der Waals surface area contributed by atoms with Gasteiger partial charge in [0, 0.05) is 43.8 Å². The maximum absolute atomic E-state index is 4.30. The molecule has 0 fully saturated rings. The van der Waals surface area contributed by atoms with Crippen LogP contribution in [0.5, 0.6) is 0 Å². The maximum Gasteiger partial charge on any atom is 0.191 e. The number of aromatic amines is 1. The van der Waals surface area contributed by atoms with Gasteiger partial charge < -0.3 is 20.5 Å². The van der Waals surface area contributed by atoms with Crippen LogP contribution in [0, 0.1) is 0 Å². The first-order valence-electron chi connectivity index (χ1n) is 8.92. The van der Waals surface area contributed by atoms with Crippen molar-refractivity contribution in [2.75, 3.05) is 40.3 Å². The number of H-pyrrole nitrogens is 1. The van der Waals surface area contributed by atoms with Crippen molar-refractivity contribution in [1.82, 2.24) is 20.5 Å². The number of halogens is 1. The molecule has 0 atom stereocenters. The number of hydrogen-bond donors (Lipinski definition) is 3. The average molecular weight is 457 g/mol. The standard InChI is InChI=1S/C19H31N5.HI/c1-4-5-13-24(3)14-12-22-19(20-2)21-11-10-16-15-23-18-9-7-6-8-17(16)18;/h6-9,15,23H,4-5,10-14H2,1-3H3,(H2,20,21,22);1H. The van der Waals surface area contributed by atoms with Crippen molar-refractivity contribution in [3.8, 4) is 0 Å². The van der Waals surface area contributed by atoms with Crippen molar-refractivity contribution >= 4 is 40.8 Å². The van der Waals surface area contributed by atoms with Crippen LogP contribution in [0.2, 0.25) is 0 Å². The van der Waals surface area contributed by atoms with Gasteiger partial charge in [-0.3, -0.25) is 4.99 Å². The Labute approximate surface area is 168 Å². The third kappa shape index (κ3) is 7.23. The Bertz CT molecular complexity index is 638. The van der Waals surface area contributed by atoms with Gasteiger partial charge in [0.05, 0.1) is 0 Å². The number of para-hydroxylation sites is 1. The SMILES string of the molecule is CCCCN(C)CCNC(=NC)NCCc1c[nH]c2ccccc12.I. The molecule has 0 amide bonds. The highest BCUT2D eigenvalue weighted by atomic mass is 127. The zero-order chi connectivity index (χ0) is 17.2. The molecule has 0 saturated carbocycles. The van der Waals surface area contributed by atoms with Gasteiger partial charge in [0.1, 0.15) is 0 Å². The maximum atomic E-state index is 4.30. The second-order valence-electron chi connectivity index (χ2n) is 6.19. The molecule has 0 bridgehead atoms. The van der Waals surface area contributed by atoms with Crippen molar-refractivity contribution in [3.63, 3.8) is 0 Å². The molecule has 2 rings (SSSR count). The van der Waals surface area contributed by atoms with Gasteiger partial charge in [0.25, 0.3) is 0 Å². The summed E-state index contributed by atoms with van der Waals surface area (Å²) in [6.45, 7) is 6.19. The van der Waals surface area contributed by atoms with Gasteiger partial charge >= 0.3 is 0 Å². The number of fused-ring (bicyclic) bond motifs is 1. The summed E-state index contributed by atoms with van der Waals surface area (Å²) >= 11 is 0. The van der Waals surface area contributed by atoms with Gasteiger partial charge in [-0.15, -0.1) is 24.0 Å². The molecule has 0 unspecified atom stereocenters. The number of guanidine groups is 1. The van der Waals surface area contributed by atoms with Crippen molar-refractivity contribution in [3.05, 3.63) is 36.0 Å². The van der Waals surface area contributed by atoms with E-state index in [9.17, 15) is 0 Å². The highest BCUT2D eigenvalue weighted by molar-refractivity contribution is 14.0. The van der Waals surface area contributed by atoms with Crippen LogP contribution < -0.4 is 10.6 Å². The molecule has 0 aliphatic carbocycles. The van der Waals surface area contributed by atoms with Gasteiger partial charge in [-0.25, -0.2) is 0 Å². The third-order valence-corrected chi connectivity index (χ3v) is 4.26. The summed E-state index contributed by atoms with van der Waals surface area (Å²) in [4.78, 5) is 9.98.